The van der Waals surface area contributed by atoms with Crippen molar-refractivity contribution in [3.05, 3.63) is 40.4 Å². The minimum absolute atomic E-state index is 0.0158. The fourth-order valence-electron chi connectivity index (χ4n) is 1.74. The van der Waals surface area contributed by atoms with Crippen LogP contribution in [0, 0.1) is 10.1 Å². The molecule has 0 N–H and O–H groups in total. The summed E-state index contributed by atoms with van der Waals surface area (Å²) in [5.74, 6) is 0.428. The lowest BCUT2D eigenvalue weighted by Gasteiger charge is -2.12. The maximum atomic E-state index is 10.7. The van der Waals surface area contributed by atoms with Gasteiger partial charge in [-0.15, -0.1) is 0 Å². The summed E-state index contributed by atoms with van der Waals surface area (Å²) in [5, 5.41) is 11.6. The second-order valence-electron chi connectivity index (χ2n) is 4.17. The normalized spacial score (nSPS) is 12.3. The Morgan fingerprint density at radius 3 is 2.79 bits per heavy atom. The van der Waals surface area contributed by atoms with Crippen LogP contribution in [0.4, 0.5) is 5.69 Å². The van der Waals surface area contributed by atoms with Gasteiger partial charge in [-0.25, -0.2) is 4.98 Å². The lowest BCUT2D eigenvalue weighted by atomic mass is 10.2. The summed E-state index contributed by atoms with van der Waals surface area (Å²) < 4.78 is 10.5. The summed E-state index contributed by atoms with van der Waals surface area (Å²) in [6.07, 6.45) is -0.131. The molecule has 1 unspecified atom stereocenters. The first kappa shape index (κ1) is 13.2. The maximum Gasteiger partial charge on any atom is 0.271 e. The van der Waals surface area contributed by atoms with Crippen molar-refractivity contribution in [2.75, 3.05) is 13.7 Å². The molecule has 0 fully saturated rings. The van der Waals surface area contributed by atoms with E-state index in [0.29, 0.717) is 18.0 Å². The summed E-state index contributed by atoms with van der Waals surface area (Å²) in [7, 11) is 1.59. The van der Waals surface area contributed by atoms with Gasteiger partial charge in [0.15, 0.2) is 0 Å². The predicted octanol–water partition coefficient (Wildman–Crippen LogP) is 2.56. The quantitative estimate of drug-likeness (QED) is 0.611. The highest BCUT2D eigenvalue weighted by Crippen LogP contribution is 2.22. The molecule has 6 nitrogen and oxygen atoms in total. The number of hydrogen-bond donors (Lipinski definition) is 0. The number of nitro benzene ring substituents is 1. The number of pyridine rings is 1. The SMILES string of the molecule is COCC(C)Oc1ccc2ccc([N+](=O)[O-])cc2n1. The Hall–Kier alpha value is -2.21. The molecule has 0 aliphatic carbocycles. The molecular weight excluding hydrogens is 248 g/mol. The summed E-state index contributed by atoms with van der Waals surface area (Å²) in [4.78, 5) is 14.5. The van der Waals surface area contributed by atoms with Gasteiger partial charge in [-0.3, -0.25) is 10.1 Å². The smallest absolute Gasteiger partial charge is 0.271 e. The summed E-state index contributed by atoms with van der Waals surface area (Å²) in [5.41, 5.74) is 0.554. The van der Waals surface area contributed by atoms with E-state index >= 15 is 0 Å². The van der Waals surface area contributed by atoms with E-state index in [9.17, 15) is 10.1 Å². The molecule has 19 heavy (non-hydrogen) atoms. The monoisotopic (exact) mass is 262 g/mol. The number of nitro groups is 1. The van der Waals surface area contributed by atoms with Crippen molar-refractivity contribution in [2.45, 2.75) is 13.0 Å². The molecule has 0 radical (unpaired) electrons. The van der Waals surface area contributed by atoms with E-state index in [1.165, 1.54) is 12.1 Å². The zero-order valence-corrected chi connectivity index (χ0v) is 10.7. The van der Waals surface area contributed by atoms with Crippen LogP contribution in [0.25, 0.3) is 10.9 Å². The van der Waals surface area contributed by atoms with Crippen LogP contribution in [0.5, 0.6) is 5.88 Å². The summed E-state index contributed by atoms with van der Waals surface area (Å²) in [6, 6.07) is 8.12. The number of hydrogen-bond acceptors (Lipinski definition) is 5. The first-order valence-electron chi connectivity index (χ1n) is 5.81. The highest BCUT2D eigenvalue weighted by Gasteiger charge is 2.09. The number of fused-ring (bicyclic) bond motifs is 1. The Bertz CT molecular complexity index is 600. The Morgan fingerprint density at radius 1 is 1.37 bits per heavy atom. The van der Waals surface area contributed by atoms with Crippen LogP contribution in [0.3, 0.4) is 0 Å². The van der Waals surface area contributed by atoms with Crippen LogP contribution in [-0.2, 0) is 4.74 Å². The zero-order chi connectivity index (χ0) is 13.8. The molecule has 1 aromatic carbocycles. The van der Waals surface area contributed by atoms with Crippen LogP contribution in [0.2, 0.25) is 0 Å². The highest BCUT2D eigenvalue weighted by molar-refractivity contribution is 5.81. The Morgan fingerprint density at radius 2 is 2.11 bits per heavy atom. The molecule has 0 saturated heterocycles. The molecule has 100 valence electrons. The third kappa shape index (κ3) is 3.17. The summed E-state index contributed by atoms with van der Waals surface area (Å²) in [6.45, 7) is 2.32. The Balaban J connectivity index is 2.30. The van der Waals surface area contributed by atoms with Gasteiger partial charge in [0.05, 0.1) is 17.0 Å². The fraction of sp³-hybridized carbons (Fsp3) is 0.308. The fourth-order valence-corrected chi connectivity index (χ4v) is 1.74. The van der Waals surface area contributed by atoms with E-state index in [0.717, 1.165) is 5.39 Å². The van der Waals surface area contributed by atoms with Crippen molar-refractivity contribution in [1.29, 1.82) is 0 Å². The van der Waals surface area contributed by atoms with Crippen molar-refractivity contribution in [3.63, 3.8) is 0 Å². The molecule has 0 amide bonds. The molecule has 0 aliphatic heterocycles. The molecule has 0 aliphatic rings. The minimum Gasteiger partial charge on any atom is -0.472 e. The van der Waals surface area contributed by atoms with Crippen LogP contribution >= 0.6 is 0 Å². The first-order valence-corrected chi connectivity index (χ1v) is 5.81. The maximum absolute atomic E-state index is 10.7. The van der Waals surface area contributed by atoms with Gasteiger partial charge in [0.2, 0.25) is 5.88 Å². The molecule has 2 rings (SSSR count). The van der Waals surface area contributed by atoms with Crippen molar-refractivity contribution >= 4 is 16.6 Å². The average molecular weight is 262 g/mol. The van der Waals surface area contributed by atoms with Gasteiger partial charge in [0.25, 0.3) is 5.69 Å². The molecule has 1 atom stereocenters. The van der Waals surface area contributed by atoms with Crippen molar-refractivity contribution < 1.29 is 14.4 Å². The molecule has 0 spiro atoms. The standard InChI is InChI=1S/C13H14N2O4/c1-9(8-18-2)19-13-6-4-10-3-5-11(15(16)17)7-12(10)14-13/h3-7,9H,8H2,1-2H3. The topological polar surface area (TPSA) is 74.5 Å². The van der Waals surface area contributed by atoms with Crippen LogP contribution in [-0.4, -0.2) is 29.7 Å². The molecule has 0 saturated carbocycles. The van der Waals surface area contributed by atoms with E-state index in [2.05, 4.69) is 4.98 Å². The van der Waals surface area contributed by atoms with Gasteiger partial charge in [0, 0.05) is 30.7 Å². The largest absolute Gasteiger partial charge is 0.472 e. The Kier molecular flexibility index (Phi) is 3.91. The third-order valence-electron chi connectivity index (χ3n) is 2.58. The van der Waals surface area contributed by atoms with Gasteiger partial charge in [-0.05, 0) is 19.1 Å². The molecule has 1 aromatic heterocycles. The van der Waals surface area contributed by atoms with E-state index in [-0.39, 0.29) is 11.8 Å². The Labute approximate surface area is 110 Å². The lowest BCUT2D eigenvalue weighted by molar-refractivity contribution is -0.384. The molecule has 0 bridgehead atoms. The van der Waals surface area contributed by atoms with E-state index in [1.54, 1.807) is 19.2 Å². The number of benzene rings is 1. The highest BCUT2D eigenvalue weighted by atomic mass is 16.6. The van der Waals surface area contributed by atoms with Crippen molar-refractivity contribution in [3.8, 4) is 5.88 Å². The average Bonchev–Trinajstić information content (AvgIpc) is 2.38. The number of non-ortho nitro benzene ring substituents is 1. The van der Waals surface area contributed by atoms with Crippen LogP contribution in [0.15, 0.2) is 30.3 Å². The third-order valence-corrected chi connectivity index (χ3v) is 2.58. The lowest BCUT2D eigenvalue weighted by Crippen LogP contribution is -2.18. The first-order chi connectivity index (χ1) is 9.10. The van der Waals surface area contributed by atoms with Crippen LogP contribution in [0.1, 0.15) is 6.92 Å². The van der Waals surface area contributed by atoms with Gasteiger partial charge in [-0.1, -0.05) is 0 Å². The molecule has 1 heterocycles. The van der Waals surface area contributed by atoms with Crippen molar-refractivity contribution in [2.24, 2.45) is 0 Å². The van der Waals surface area contributed by atoms with E-state index < -0.39 is 4.92 Å². The second kappa shape index (κ2) is 5.62. The number of rotatable bonds is 5. The predicted molar refractivity (Wildman–Crippen MR) is 70.4 cm³/mol. The molecule has 6 heteroatoms. The number of methoxy groups -OCH3 is 1. The van der Waals surface area contributed by atoms with E-state index in [1.807, 2.05) is 13.0 Å². The van der Waals surface area contributed by atoms with Gasteiger partial charge >= 0.3 is 0 Å². The zero-order valence-electron chi connectivity index (χ0n) is 10.7. The number of aromatic nitrogens is 1. The summed E-state index contributed by atoms with van der Waals surface area (Å²) >= 11 is 0. The van der Waals surface area contributed by atoms with Crippen molar-refractivity contribution in [1.82, 2.24) is 4.98 Å². The minimum atomic E-state index is -0.442. The number of nitrogens with zero attached hydrogens (tertiary/aromatic N) is 2. The van der Waals surface area contributed by atoms with Gasteiger partial charge < -0.3 is 9.47 Å². The van der Waals surface area contributed by atoms with Gasteiger partial charge in [0.1, 0.15) is 6.10 Å². The van der Waals surface area contributed by atoms with E-state index in [4.69, 9.17) is 9.47 Å². The van der Waals surface area contributed by atoms with Gasteiger partial charge in [-0.2, -0.15) is 0 Å². The molecular formula is C13H14N2O4. The molecule has 2 aromatic rings. The number of ether oxygens (including phenoxy) is 2. The van der Waals surface area contributed by atoms with Crippen LogP contribution < -0.4 is 4.74 Å². The second-order valence-corrected chi connectivity index (χ2v) is 4.17.